The number of carbonyl (C=O) groups excluding carboxylic acids is 3. The van der Waals surface area contributed by atoms with Crippen molar-refractivity contribution in [3.05, 3.63) is 53.6 Å². The fraction of sp³-hybridized carbons (Fsp3) is 0.286. The Bertz CT molecular complexity index is 890. The summed E-state index contributed by atoms with van der Waals surface area (Å²) >= 11 is 0. The van der Waals surface area contributed by atoms with Crippen LogP contribution >= 0.6 is 0 Å². The van der Waals surface area contributed by atoms with Crippen molar-refractivity contribution >= 4 is 23.9 Å². The average molecular weight is 397 g/mol. The van der Waals surface area contributed by atoms with Gasteiger partial charge in [0, 0.05) is 43.4 Å². The Morgan fingerprint density at radius 2 is 1.59 bits per heavy atom. The normalized spacial score (nSPS) is 13.6. The molecule has 3 amide bonds. The van der Waals surface area contributed by atoms with Crippen LogP contribution in [0.4, 0.5) is 5.69 Å². The number of methoxy groups -OCH3 is 2. The Morgan fingerprint density at radius 3 is 2.17 bits per heavy atom. The van der Waals surface area contributed by atoms with E-state index in [2.05, 4.69) is 5.32 Å². The number of amides is 3. The topological polar surface area (TPSA) is 88.2 Å². The summed E-state index contributed by atoms with van der Waals surface area (Å²) in [5.74, 6) is 0.682. The lowest BCUT2D eigenvalue weighted by atomic mass is 10.1. The first-order valence-electron chi connectivity index (χ1n) is 9.17. The van der Waals surface area contributed by atoms with E-state index in [1.54, 1.807) is 59.4 Å². The molecule has 1 N–H and O–H groups in total. The van der Waals surface area contributed by atoms with E-state index in [1.165, 1.54) is 7.11 Å². The molecular weight excluding hydrogens is 374 g/mol. The molecule has 2 aromatic carbocycles. The molecule has 0 aromatic heterocycles. The van der Waals surface area contributed by atoms with Gasteiger partial charge in [0.05, 0.1) is 19.9 Å². The minimum absolute atomic E-state index is 0.112. The minimum Gasteiger partial charge on any atom is -0.497 e. The Morgan fingerprint density at radius 1 is 0.931 bits per heavy atom. The summed E-state index contributed by atoms with van der Waals surface area (Å²) in [6.07, 6.45) is 0.799. The van der Waals surface area contributed by atoms with Gasteiger partial charge in [-0.15, -0.1) is 0 Å². The summed E-state index contributed by atoms with van der Waals surface area (Å²) in [6.45, 7) is 2.05. The highest BCUT2D eigenvalue weighted by Crippen LogP contribution is 2.29. The molecule has 8 nitrogen and oxygen atoms in total. The van der Waals surface area contributed by atoms with Gasteiger partial charge in [-0.2, -0.15) is 0 Å². The molecule has 1 aliphatic rings. The number of carbonyl (C=O) groups is 3. The average Bonchev–Trinajstić information content (AvgIpc) is 2.79. The van der Waals surface area contributed by atoms with Crippen LogP contribution in [0.5, 0.6) is 11.5 Å². The molecule has 8 heteroatoms. The maximum absolute atomic E-state index is 12.6. The molecule has 29 heavy (non-hydrogen) atoms. The zero-order valence-electron chi connectivity index (χ0n) is 16.4. The first-order valence-corrected chi connectivity index (χ1v) is 9.17. The van der Waals surface area contributed by atoms with E-state index in [4.69, 9.17) is 9.47 Å². The Balaban J connectivity index is 1.66. The van der Waals surface area contributed by atoms with Crippen LogP contribution in [0, 0.1) is 0 Å². The highest BCUT2D eigenvalue weighted by atomic mass is 16.5. The van der Waals surface area contributed by atoms with Crippen LogP contribution in [0.15, 0.2) is 42.5 Å². The maximum atomic E-state index is 12.6. The third kappa shape index (κ3) is 4.66. The molecule has 0 bridgehead atoms. The van der Waals surface area contributed by atoms with E-state index < -0.39 is 0 Å². The quantitative estimate of drug-likeness (QED) is 0.752. The summed E-state index contributed by atoms with van der Waals surface area (Å²) < 4.78 is 10.4. The molecule has 0 unspecified atom stereocenters. The third-order valence-electron chi connectivity index (χ3n) is 4.80. The van der Waals surface area contributed by atoms with E-state index >= 15 is 0 Å². The highest BCUT2D eigenvalue weighted by Gasteiger charge is 2.21. The standard InChI is InChI=1S/C21H23N3O5/c1-28-17-7-8-18(19(13-17)29-2)22-20(26)15-3-5-16(6-4-15)21(27)24-11-9-23(14-25)10-12-24/h3-8,13-14H,9-12H2,1-2H3,(H,22,26). The van der Waals surface area contributed by atoms with Gasteiger partial charge < -0.3 is 24.6 Å². The van der Waals surface area contributed by atoms with Crippen molar-refractivity contribution in [2.75, 3.05) is 45.7 Å². The van der Waals surface area contributed by atoms with Crippen molar-refractivity contribution in [2.24, 2.45) is 0 Å². The van der Waals surface area contributed by atoms with Gasteiger partial charge >= 0.3 is 0 Å². The zero-order chi connectivity index (χ0) is 20.8. The second-order valence-electron chi connectivity index (χ2n) is 6.53. The largest absolute Gasteiger partial charge is 0.497 e. The number of anilines is 1. The lowest BCUT2D eigenvalue weighted by Crippen LogP contribution is -2.48. The van der Waals surface area contributed by atoms with Crippen LogP contribution in [0.3, 0.4) is 0 Å². The maximum Gasteiger partial charge on any atom is 0.255 e. The van der Waals surface area contributed by atoms with Gasteiger partial charge in [-0.25, -0.2) is 0 Å². The predicted molar refractivity (Wildman–Crippen MR) is 107 cm³/mol. The smallest absolute Gasteiger partial charge is 0.255 e. The number of hydrogen-bond donors (Lipinski definition) is 1. The van der Waals surface area contributed by atoms with Crippen LogP contribution < -0.4 is 14.8 Å². The van der Waals surface area contributed by atoms with E-state index in [-0.39, 0.29) is 11.8 Å². The van der Waals surface area contributed by atoms with Crippen molar-refractivity contribution in [3.8, 4) is 11.5 Å². The van der Waals surface area contributed by atoms with E-state index in [9.17, 15) is 14.4 Å². The molecular formula is C21H23N3O5. The van der Waals surface area contributed by atoms with Crippen molar-refractivity contribution < 1.29 is 23.9 Å². The number of ether oxygens (including phenoxy) is 2. The van der Waals surface area contributed by atoms with Crippen LogP contribution in [0.2, 0.25) is 0 Å². The van der Waals surface area contributed by atoms with Gasteiger partial charge in [-0.3, -0.25) is 14.4 Å². The SMILES string of the molecule is COc1ccc(NC(=O)c2ccc(C(=O)N3CCN(C=O)CC3)cc2)c(OC)c1. The summed E-state index contributed by atoms with van der Waals surface area (Å²) in [7, 11) is 3.07. The van der Waals surface area contributed by atoms with E-state index in [0.29, 0.717) is 54.5 Å². The van der Waals surface area contributed by atoms with Gasteiger partial charge in [0.1, 0.15) is 11.5 Å². The molecule has 0 aliphatic carbocycles. The lowest BCUT2D eigenvalue weighted by Gasteiger charge is -2.32. The summed E-state index contributed by atoms with van der Waals surface area (Å²) in [4.78, 5) is 39.3. The van der Waals surface area contributed by atoms with Crippen molar-refractivity contribution in [3.63, 3.8) is 0 Å². The predicted octanol–water partition coefficient (Wildman–Crippen LogP) is 1.87. The second kappa shape index (κ2) is 9.09. The zero-order valence-corrected chi connectivity index (χ0v) is 16.4. The van der Waals surface area contributed by atoms with Gasteiger partial charge in [0.2, 0.25) is 6.41 Å². The monoisotopic (exact) mass is 397 g/mol. The Kier molecular flexibility index (Phi) is 6.33. The molecule has 152 valence electrons. The lowest BCUT2D eigenvalue weighted by molar-refractivity contribution is -0.119. The molecule has 3 rings (SSSR count). The molecule has 2 aromatic rings. The van der Waals surface area contributed by atoms with Crippen LogP contribution in [0.1, 0.15) is 20.7 Å². The van der Waals surface area contributed by atoms with E-state index in [0.717, 1.165) is 6.41 Å². The van der Waals surface area contributed by atoms with Crippen LogP contribution in [-0.4, -0.2) is 68.4 Å². The van der Waals surface area contributed by atoms with E-state index in [1.807, 2.05) is 0 Å². The van der Waals surface area contributed by atoms with Crippen LogP contribution in [-0.2, 0) is 4.79 Å². The molecule has 0 radical (unpaired) electrons. The fourth-order valence-corrected chi connectivity index (χ4v) is 3.07. The van der Waals surface area contributed by atoms with Gasteiger partial charge in [0.15, 0.2) is 0 Å². The number of nitrogens with one attached hydrogen (secondary N) is 1. The van der Waals surface area contributed by atoms with Crippen LogP contribution in [0.25, 0.3) is 0 Å². The second-order valence-corrected chi connectivity index (χ2v) is 6.53. The molecule has 1 fully saturated rings. The molecule has 0 spiro atoms. The fourth-order valence-electron chi connectivity index (χ4n) is 3.07. The van der Waals surface area contributed by atoms with Crippen molar-refractivity contribution in [1.82, 2.24) is 9.80 Å². The van der Waals surface area contributed by atoms with Gasteiger partial charge in [-0.1, -0.05) is 0 Å². The molecule has 1 aliphatic heterocycles. The number of piperazine rings is 1. The summed E-state index contributed by atoms with van der Waals surface area (Å²) in [5.41, 5.74) is 1.44. The van der Waals surface area contributed by atoms with Gasteiger partial charge in [-0.05, 0) is 36.4 Å². The first-order chi connectivity index (χ1) is 14.0. The minimum atomic E-state index is -0.313. The number of benzene rings is 2. The molecule has 1 saturated heterocycles. The molecule has 0 saturated carbocycles. The first kappa shape index (κ1) is 20.2. The summed E-state index contributed by atoms with van der Waals surface area (Å²) in [5, 5.41) is 2.80. The number of hydrogen-bond acceptors (Lipinski definition) is 5. The number of nitrogens with zero attached hydrogens (tertiary/aromatic N) is 2. The molecule has 1 heterocycles. The Hall–Kier alpha value is -3.55. The van der Waals surface area contributed by atoms with Crippen molar-refractivity contribution in [2.45, 2.75) is 0 Å². The highest BCUT2D eigenvalue weighted by molar-refractivity contribution is 6.05. The Labute approximate surface area is 169 Å². The molecule has 0 atom stereocenters. The summed E-state index contributed by atoms with van der Waals surface area (Å²) in [6, 6.07) is 11.6. The van der Waals surface area contributed by atoms with Gasteiger partial charge in [0.25, 0.3) is 11.8 Å². The number of rotatable bonds is 6. The van der Waals surface area contributed by atoms with Crippen molar-refractivity contribution in [1.29, 1.82) is 0 Å². The third-order valence-corrected chi connectivity index (χ3v) is 4.80.